The van der Waals surface area contributed by atoms with Crippen molar-refractivity contribution in [2.45, 2.75) is 45.3 Å². The molecule has 1 aliphatic carbocycles. The van der Waals surface area contributed by atoms with Gasteiger partial charge >= 0.3 is 0 Å². The summed E-state index contributed by atoms with van der Waals surface area (Å²) in [6.45, 7) is 2.32. The molecular weight excluding hydrogens is 326 g/mol. The maximum atomic E-state index is 12.6. The Kier molecular flexibility index (Phi) is 5.52. The van der Waals surface area contributed by atoms with Gasteiger partial charge in [0.1, 0.15) is 17.8 Å². The quantitative estimate of drug-likeness (QED) is 0.857. The number of ether oxygens (including phenoxy) is 1. The first-order valence-electron chi connectivity index (χ1n) is 8.98. The molecule has 1 fully saturated rings. The number of pyridine rings is 1. The van der Waals surface area contributed by atoms with Crippen LogP contribution >= 0.6 is 0 Å². The molecule has 0 aliphatic heterocycles. The molecule has 134 valence electrons. The fourth-order valence-corrected chi connectivity index (χ4v) is 3.30. The predicted octanol–water partition coefficient (Wildman–Crippen LogP) is 3.92. The number of rotatable bonds is 6. The summed E-state index contributed by atoms with van der Waals surface area (Å²) in [7, 11) is 0. The van der Waals surface area contributed by atoms with Crippen molar-refractivity contribution in [3.8, 4) is 11.8 Å². The van der Waals surface area contributed by atoms with Crippen molar-refractivity contribution < 1.29 is 9.53 Å². The van der Waals surface area contributed by atoms with Crippen LogP contribution in [0.1, 0.15) is 49.9 Å². The van der Waals surface area contributed by atoms with Crippen LogP contribution < -0.4 is 10.1 Å². The molecule has 2 aromatic rings. The predicted molar refractivity (Wildman–Crippen MR) is 98.1 cm³/mol. The van der Waals surface area contributed by atoms with Crippen molar-refractivity contribution in [1.29, 1.82) is 5.26 Å². The van der Waals surface area contributed by atoms with Crippen LogP contribution in [0, 0.1) is 16.7 Å². The zero-order chi connectivity index (χ0) is 18.4. The van der Waals surface area contributed by atoms with E-state index >= 15 is 0 Å². The van der Waals surface area contributed by atoms with E-state index in [-0.39, 0.29) is 11.9 Å². The number of amides is 1. The van der Waals surface area contributed by atoms with E-state index in [1.807, 2.05) is 49.4 Å². The summed E-state index contributed by atoms with van der Waals surface area (Å²) in [5.41, 5.74) is 0.945. The van der Waals surface area contributed by atoms with E-state index in [4.69, 9.17) is 4.74 Å². The second-order valence-corrected chi connectivity index (χ2v) is 6.78. The fraction of sp³-hybridized carbons (Fsp3) is 0.381. The SMILES string of the molecule is CC(NC(=O)C1(C#N)CCCC1)c1cccc(OCc2ccccn2)c1. The number of carbonyl (C=O) groups is 1. The lowest BCUT2D eigenvalue weighted by Gasteiger charge is -2.23. The van der Waals surface area contributed by atoms with Gasteiger partial charge in [0, 0.05) is 6.20 Å². The Hall–Kier alpha value is -2.87. The number of hydrogen-bond donors (Lipinski definition) is 1. The van der Waals surface area contributed by atoms with Crippen LogP contribution in [-0.2, 0) is 11.4 Å². The molecular formula is C21H23N3O2. The first-order chi connectivity index (χ1) is 12.6. The van der Waals surface area contributed by atoms with Gasteiger partial charge in [-0.15, -0.1) is 0 Å². The van der Waals surface area contributed by atoms with Gasteiger partial charge < -0.3 is 10.1 Å². The highest BCUT2D eigenvalue weighted by Gasteiger charge is 2.41. The minimum absolute atomic E-state index is 0.162. The molecule has 0 saturated heterocycles. The number of benzene rings is 1. The van der Waals surface area contributed by atoms with Gasteiger partial charge in [0.2, 0.25) is 5.91 Å². The lowest BCUT2D eigenvalue weighted by atomic mass is 9.86. The maximum absolute atomic E-state index is 12.6. The largest absolute Gasteiger partial charge is 0.487 e. The Bertz CT molecular complexity index is 792. The Morgan fingerprint density at radius 1 is 1.31 bits per heavy atom. The summed E-state index contributed by atoms with van der Waals surface area (Å²) in [6, 6.07) is 15.4. The van der Waals surface area contributed by atoms with E-state index in [2.05, 4.69) is 16.4 Å². The maximum Gasteiger partial charge on any atom is 0.240 e. The molecule has 1 aromatic carbocycles. The van der Waals surface area contributed by atoms with Gasteiger partial charge in [-0.05, 0) is 49.6 Å². The fourth-order valence-electron chi connectivity index (χ4n) is 3.30. The van der Waals surface area contributed by atoms with E-state index in [1.54, 1.807) is 6.20 Å². The van der Waals surface area contributed by atoms with Crippen molar-refractivity contribution in [2.24, 2.45) is 5.41 Å². The number of aromatic nitrogens is 1. The molecule has 1 unspecified atom stereocenters. The van der Waals surface area contributed by atoms with E-state index in [0.29, 0.717) is 19.4 Å². The highest BCUT2D eigenvalue weighted by Crippen LogP contribution is 2.38. The Balaban J connectivity index is 1.63. The topological polar surface area (TPSA) is 75.0 Å². The van der Waals surface area contributed by atoms with Crippen LogP contribution in [0.5, 0.6) is 5.75 Å². The molecule has 1 N–H and O–H groups in total. The van der Waals surface area contributed by atoms with Gasteiger partial charge in [-0.25, -0.2) is 0 Å². The number of nitrogens with zero attached hydrogens (tertiary/aromatic N) is 2. The van der Waals surface area contributed by atoms with E-state index in [1.165, 1.54) is 0 Å². The van der Waals surface area contributed by atoms with Crippen molar-refractivity contribution in [3.05, 3.63) is 59.9 Å². The standard InChI is InChI=1S/C21H23N3O2/c1-16(24-20(25)21(15-22)10-3-4-11-21)17-7-6-9-19(13-17)26-14-18-8-2-5-12-23-18/h2,5-9,12-13,16H,3-4,10-11,14H2,1H3,(H,24,25). The van der Waals surface area contributed by atoms with Crippen molar-refractivity contribution >= 4 is 5.91 Å². The third-order valence-corrected chi connectivity index (χ3v) is 4.92. The lowest BCUT2D eigenvalue weighted by molar-refractivity contribution is -0.128. The molecule has 0 radical (unpaired) electrons. The average molecular weight is 349 g/mol. The monoisotopic (exact) mass is 349 g/mol. The Labute approximate surface area is 154 Å². The van der Waals surface area contributed by atoms with Crippen LogP contribution in [0.2, 0.25) is 0 Å². The Morgan fingerprint density at radius 3 is 2.81 bits per heavy atom. The zero-order valence-electron chi connectivity index (χ0n) is 14.9. The summed E-state index contributed by atoms with van der Waals surface area (Å²) in [5.74, 6) is 0.565. The highest BCUT2D eigenvalue weighted by atomic mass is 16.5. The van der Waals surface area contributed by atoms with Crippen LogP contribution in [0.3, 0.4) is 0 Å². The van der Waals surface area contributed by atoms with Crippen LogP contribution in [0.25, 0.3) is 0 Å². The molecule has 1 aromatic heterocycles. The normalized spacial score (nSPS) is 16.5. The first kappa shape index (κ1) is 17.9. The summed E-state index contributed by atoms with van der Waals surface area (Å²) >= 11 is 0. The van der Waals surface area contributed by atoms with Gasteiger partial charge in [0.25, 0.3) is 0 Å². The molecule has 1 aliphatic rings. The minimum atomic E-state index is -0.860. The average Bonchev–Trinajstić information content (AvgIpc) is 3.18. The smallest absolute Gasteiger partial charge is 0.240 e. The summed E-state index contributed by atoms with van der Waals surface area (Å²) < 4.78 is 5.80. The van der Waals surface area contributed by atoms with E-state index in [0.717, 1.165) is 29.8 Å². The van der Waals surface area contributed by atoms with Gasteiger partial charge in [-0.3, -0.25) is 9.78 Å². The number of hydrogen-bond acceptors (Lipinski definition) is 4. The third kappa shape index (κ3) is 4.02. The summed E-state index contributed by atoms with van der Waals surface area (Å²) in [5, 5.41) is 12.5. The van der Waals surface area contributed by atoms with Crippen LogP contribution in [0.4, 0.5) is 0 Å². The van der Waals surface area contributed by atoms with Gasteiger partial charge in [-0.2, -0.15) is 5.26 Å². The molecule has 1 atom stereocenters. The molecule has 1 heterocycles. The minimum Gasteiger partial charge on any atom is -0.487 e. The van der Waals surface area contributed by atoms with E-state index in [9.17, 15) is 10.1 Å². The molecule has 26 heavy (non-hydrogen) atoms. The molecule has 5 heteroatoms. The lowest BCUT2D eigenvalue weighted by Crippen LogP contribution is -2.39. The molecule has 1 saturated carbocycles. The molecule has 1 amide bonds. The highest BCUT2D eigenvalue weighted by molar-refractivity contribution is 5.86. The summed E-state index contributed by atoms with van der Waals surface area (Å²) in [6.07, 6.45) is 4.91. The van der Waals surface area contributed by atoms with Gasteiger partial charge in [-0.1, -0.05) is 31.0 Å². The van der Waals surface area contributed by atoms with Gasteiger partial charge in [0.15, 0.2) is 0 Å². The second-order valence-electron chi connectivity index (χ2n) is 6.78. The van der Waals surface area contributed by atoms with Crippen molar-refractivity contribution in [3.63, 3.8) is 0 Å². The Morgan fingerprint density at radius 2 is 2.12 bits per heavy atom. The number of nitriles is 1. The second kappa shape index (κ2) is 8.01. The zero-order valence-corrected chi connectivity index (χ0v) is 14.9. The molecule has 5 nitrogen and oxygen atoms in total. The molecule has 0 bridgehead atoms. The van der Waals surface area contributed by atoms with E-state index < -0.39 is 5.41 Å². The van der Waals surface area contributed by atoms with Crippen molar-refractivity contribution in [1.82, 2.24) is 10.3 Å². The van der Waals surface area contributed by atoms with Gasteiger partial charge in [0.05, 0.1) is 17.8 Å². The summed E-state index contributed by atoms with van der Waals surface area (Å²) in [4.78, 5) is 16.8. The van der Waals surface area contributed by atoms with Crippen LogP contribution in [-0.4, -0.2) is 10.9 Å². The first-order valence-corrected chi connectivity index (χ1v) is 8.98. The van der Waals surface area contributed by atoms with Crippen molar-refractivity contribution in [2.75, 3.05) is 0 Å². The number of nitrogens with one attached hydrogen (secondary N) is 1. The molecule has 3 rings (SSSR count). The number of carbonyl (C=O) groups excluding carboxylic acids is 1. The third-order valence-electron chi connectivity index (χ3n) is 4.92. The van der Waals surface area contributed by atoms with Crippen LogP contribution in [0.15, 0.2) is 48.7 Å². The molecule has 0 spiro atoms.